The summed E-state index contributed by atoms with van der Waals surface area (Å²) >= 11 is 1.27. The molecule has 112 valence electrons. The van der Waals surface area contributed by atoms with E-state index in [1.165, 1.54) is 18.4 Å². The molecule has 1 aromatic heterocycles. The minimum Gasteiger partial charge on any atom is -0.383 e. The van der Waals surface area contributed by atoms with Crippen LogP contribution in [-0.2, 0) is 0 Å². The van der Waals surface area contributed by atoms with Crippen LogP contribution < -0.4 is 10.6 Å². The van der Waals surface area contributed by atoms with Crippen molar-refractivity contribution in [3.8, 4) is 0 Å². The summed E-state index contributed by atoms with van der Waals surface area (Å²) in [6.45, 7) is 3.98. The van der Waals surface area contributed by atoms with E-state index in [0.29, 0.717) is 5.13 Å². The number of carbonyl (C=O) groups excluding carboxylic acids is 1. The van der Waals surface area contributed by atoms with Crippen LogP contribution in [0.4, 0.5) is 19.6 Å². The third-order valence-electron chi connectivity index (χ3n) is 2.89. The zero-order valence-electron chi connectivity index (χ0n) is 11.8. The Morgan fingerprint density at radius 2 is 1.90 bits per heavy atom. The van der Waals surface area contributed by atoms with Crippen molar-refractivity contribution in [2.75, 3.05) is 17.7 Å². The molecule has 0 saturated heterocycles. The van der Waals surface area contributed by atoms with Gasteiger partial charge in [-0.25, -0.2) is 13.8 Å². The molecule has 0 unspecified atom stereocenters. The van der Waals surface area contributed by atoms with Crippen molar-refractivity contribution < 1.29 is 13.6 Å². The molecule has 0 aliphatic rings. The van der Waals surface area contributed by atoms with E-state index in [0.717, 1.165) is 17.8 Å². The van der Waals surface area contributed by atoms with E-state index in [1.54, 1.807) is 0 Å². The topological polar surface area (TPSA) is 54.0 Å². The van der Waals surface area contributed by atoms with Gasteiger partial charge in [0.05, 0.1) is 5.69 Å². The SMILES string of the molecule is CNc1c(F)cc(C(=O)Nc2nc(C(C)C)cs2)cc1F. The van der Waals surface area contributed by atoms with E-state index in [4.69, 9.17) is 0 Å². The fraction of sp³-hybridized carbons (Fsp3) is 0.286. The van der Waals surface area contributed by atoms with Gasteiger partial charge in [-0.2, -0.15) is 0 Å². The summed E-state index contributed by atoms with van der Waals surface area (Å²) in [5.41, 5.74) is 0.506. The van der Waals surface area contributed by atoms with E-state index in [9.17, 15) is 13.6 Å². The Hall–Kier alpha value is -2.02. The Kier molecular flexibility index (Phi) is 4.52. The zero-order valence-corrected chi connectivity index (χ0v) is 12.6. The first-order valence-corrected chi connectivity index (χ1v) is 7.24. The molecular formula is C14H15F2N3OS. The van der Waals surface area contributed by atoms with Crippen molar-refractivity contribution in [2.24, 2.45) is 0 Å². The van der Waals surface area contributed by atoms with Gasteiger partial charge in [0.1, 0.15) is 17.3 Å². The molecule has 0 atom stereocenters. The summed E-state index contributed by atoms with van der Waals surface area (Å²) < 4.78 is 27.2. The lowest BCUT2D eigenvalue weighted by Crippen LogP contribution is -2.13. The third kappa shape index (κ3) is 3.36. The summed E-state index contributed by atoms with van der Waals surface area (Å²) in [4.78, 5) is 16.2. The van der Waals surface area contributed by atoms with E-state index < -0.39 is 17.5 Å². The number of benzene rings is 1. The molecule has 2 aromatic rings. The Balaban J connectivity index is 2.20. The molecule has 4 nitrogen and oxygen atoms in total. The average Bonchev–Trinajstić information content (AvgIpc) is 2.87. The van der Waals surface area contributed by atoms with Crippen molar-refractivity contribution in [3.63, 3.8) is 0 Å². The van der Waals surface area contributed by atoms with Crippen LogP contribution in [0.1, 0.15) is 35.8 Å². The first kappa shape index (κ1) is 15.4. The fourth-order valence-corrected chi connectivity index (χ4v) is 2.59. The van der Waals surface area contributed by atoms with Gasteiger partial charge in [-0.15, -0.1) is 11.3 Å². The Morgan fingerprint density at radius 1 is 1.29 bits per heavy atom. The molecule has 0 bridgehead atoms. The third-order valence-corrected chi connectivity index (χ3v) is 3.66. The fourth-order valence-electron chi connectivity index (χ4n) is 1.72. The number of nitrogens with zero attached hydrogens (tertiary/aromatic N) is 1. The normalized spacial score (nSPS) is 10.8. The van der Waals surface area contributed by atoms with Crippen molar-refractivity contribution in [1.82, 2.24) is 4.98 Å². The van der Waals surface area contributed by atoms with Crippen molar-refractivity contribution in [1.29, 1.82) is 0 Å². The van der Waals surface area contributed by atoms with Crippen LogP contribution in [0.15, 0.2) is 17.5 Å². The number of hydrogen-bond donors (Lipinski definition) is 2. The van der Waals surface area contributed by atoms with Gasteiger partial charge >= 0.3 is 0 Å². The van der Waals surface area contributed by atoms with Gasteiger partial charge < -0.3 is 5.32 Å². The lowest BCUT2D eigenvalue weighted by atomic mass is 10.1. The molecule has 1 heterocycles. The summed E-state index contributed by atoms with van der Waals surface area (Å²) in [7, 11) is 1.41. The summed E-state index contributed by atoms with van der Waals surface area (Å²) in [6, 6.07) is 1.97. The smallest absolute Gasteiger partial charge is 0.257 e. The molecule has 2 rings (SSSR count). The predicted molar refractivity (Wildman–Crippen MR) is 80.1 cm³/mol. The second kappa shape index (κ2) is 6.17. The van der Waals surface area contributed by atoms with Crippen LogP contribution in [0.3, 0.4) is 0 Å². The molecule has 0 aliphatic carbocycles. The van der Waals surface area contributed by atoms with Crippen molar-refractivity contribution in [3.05, 3.63) is 40.4 Å². The van der Waals surface area contributed by atoms with Crippen LogP contribution in [0.2, 0.25) is 0 Å². The molecule has 0 saturated carbocycles. The minimum absolute atomic E-state index is 0.0923. The summed E-state index contributed by atoms with van der Waals surface area (Å²) in [5.74, 6) is -1.98. The predicted octanol–water partition coefficient (Wildman–Crippen LogP) is 3.84. The number of amides is 1. The quantitative estimate of drug-likeness (QED) is 0.902. The van der Waals surface area contributed by atoms with Gasteiger partial charge in [-0.05, 0) is 18.1 Å². The summed E-state index contributed by atoms with van der Waals surface area (Å²) in [6.07, 6.45) is 0. The monoisotopic (exact) mass is 311 g/mol. The maximum atomic E-state index is 13.6. The van der Waals surface area contributed by atoms with Crippen LogP contribution in [0, 0.1) is 11.6 Å². The van der Waals surface area contributed by atoms with Crippen LogP contribution in [0.25, 0.3) is 0 Å². The van der Waals surface area contributed by atoms with E-state index >= 15 is 0 Å². The van der Waals surface area contributed by atoms with E-state index in [1.807, 2.05) is 19.2 Å². The maximum absolute atomic E-state index is 13.6. The lowest BCUT2D eigenvalue weighted by molar-refractivity contribution is 0.102. The van der Waals surface area contributed by atoms with E-state index in [2.05, 4.69) is 15.6 Å². The second-order valence-electron chi connectivity index (χ2n) is 4.75. The molecule has 21 heavy (non-hydrogen) atoms. The molecular weight excluding hydrogens is 296 g/mol. The zero-order chi connectivity index (χ0) is 15.6. The standard InChI is InChI=1S/C14H15F2N3OS/c1-7(2)11-6-21-14(18-11)19-13(20)8-4-9(15)12(17-3)10(16)5-8/h4-7,17H,1-3H3,(H,18,19,20). The minimum atomic E-state index is -0.815. The highest BCUT2D eigenvalue weighted by molar-refractivity contribution is 7.14. The molecule has 2 N–H and O–H groups in total. The number of carbonyl (C=O) groups is 1. The number of thiazole rings is 1. The van der Waals surface area contributed by atoms with Gasteiger partial charge in [-0.3, -0.25) is 10.1 Å². The molecule has 0 spiro atoms. The number of anilines is 2. The van der Waals surface area contributed by atoms with Gasteiger partial charge in [0, 0.05) is 18.0 Å². The lowest BCUT2D eigenvalue weighted by Gasteiger charge is -2.07. The number of rotatable bonds is 4. The number of aromatic nitrogens is 1. The number of nitrogens with one attached hydrogen (secondary N) is 2. The second-order valence-corrected chi connectivity index (χ2v) is 5.61. The van der Waals surface area contributed by atoms with Gasteiger partial charge in [0.15, 0.2) is 5.13 Å². The largest absolute Gasteiger partial charge is 0.383 e. The highest BCUT2D eigenvalue weighted by Crippen LogP contribution is 2.24. The van der Waals surface area contributed by atoms with Crippen LogP contribution >= 0.6 is 11.3 Å². The number of halogens is 2. The Bertz CT molecular complexity index is 647. The van der Waals surface area contributed by atoms with Crippen LogP contribution in [-0.4, -0.2) is 17.9 Å². The first-order valence-electron chi connectivity index (χ1n) is 6.36. The molecule has 7 heteroatoms. The molecule has 1 amide bonds. The van der Waals surface area contributed by atoms with Crippen molar-refractivity contribution in [2.45, 2.75) is 19.8 Å². The highest BCUT2D eigenvalue weighted by Gasteiger charge is 2.16. The van der Waals surface area contributed by atoms with Gasteiger partial charge in [0.25, 0.3) is 5.91 Å². The molecule has 0 aliphatic heterocycles. The van der Waals surface area contributed by atoms with E-state index in [-0.39, 0.29) is 17.2 Å². The molecule has 0 radical (unpaired) electrons. The van der Waals surface area contributed by atoms with Gasteiger partial charge in [-0.1, -0.05) is 13.8 Å². The highest BCUT2D eigenvalue weighted by atomic mass is 32.1. The van der Waals surface area contributed by atoms with Crippen LogP contribution in [0.5, 0.6) is 0 Å². The first-order chi connectivity index (χ1) is 9.92. The average molecular weight is 311 g/mol. The Morgan fingerprint density at radius 3 is 2.38 bits per heavy atom. The van der Waals surface area contributed by atoms with Gasteiger partial charge in [0.2, 0.25) is 0 Å². The molecule has 0 fully saturated rings. The summed E-state index contributed by atoms with van der Waals surface area (Å²) in [5, 5.41) is 7.19. The Labute approximate surface area is 125 Å². The molecule has 1 aromatic carbocycles. The number of hydrogen-bond acceptors (Lipinski definition) is 4. The maximum Gasteiger partial charge on any atom is 0.257 e. The van der Waals surface area contributed by atoms with Crippen molar-refractivity contribution >= 4 is 28.1 Å².